The zero-order valence-corrected chi connectivity index (χ0v) is 19.3. The molecule has 0 aromatic heterocycles. The summed E-state index contributed by atoms with van der Waals surface area (Å²) in [6.07, 6.45) is 1.91. The summed E-state index contributed by atoms with van der Waals surface area (Å²) in [4.78, 5) is 13.7. The van der Waals surface area contributed by atoms with Gasteiger partial charge in [0.05, 0.1) is 19.5 Å². The number of benzene rings is 3. The van der Waals surface area contributed by atoms with E-state index in [1.165, 1.54) is 5.56 Å². The quantitative estimate of drug-likeness (QED) is 0.439. The number of hydrogen-bond donors (Lipinski definition) is 1. The van der Waals surface area contributed by atoms with E-state index in [4.69, 9.17) is 4.74 Å². The second-order valence-corrected chi connectivity index (χ2v) is 9.83. The minimum absolute atomic E-state index is 0.187. The summed E-state index contributed by atoms with van der Waals surface area (Å²) in [5.74, 6) is -0.270. The topological polar surface area (TPSA) is 46.5 Å². The summed E-state index contributed by atoms with van der Waals surface area (Å²) in [6.45, 7) is 3.26. The number of aliphatic hydroxyl groups is 1. The van der Waals surface area contributed by atoms with Gasteiger partial charge in [-0.2, -0.15) is 0 Å². The van der Waals surface area contributed by atoms with Gasteiger partial charge in [-0.1, -0.05) is 91.0 Å². The summed E-state index contributed by atoms with van der Waals surface area (Å²) in [5.41, 5.74) is 0.532. The van der Waals surface area contributed by atoms with Crippen LogP contribution in [0.4, 0.5) is 0 Å². The number of hydrogen-bond acceptors (Lipinski definition) is 3. The molecule has 1 aliphatic heterocycles. The fraction of sp³-hybridized carbons (Fsp3) is 0.345. The fourth-order valence-corrected chi connectivity index (χ4v) is 6.16. The van der Waals surface area contributed by atoms with Crippen molar-refractivity contribution in [3.63, 3.8) is 0 Å². The third kappa shape index (κ3) is 3.58. The molecule has 0 amide bonds. The second-order valence-electron chi connectivity index (χ2n) is 9.83. The van der Waals surface area contributed by atoms with Gasteiger partial charge in [0, 0.05) is 12.0 Å². The van der Waals surface area contributed by atoms with E-state index in [1.54, 1.807) is 24.3 Å². The third-order valence-corrected chi connectivity index (χ3v) is 8.15. The number of piperidine rings is 1. The van der Waals surface area contributed by atoms with Crippen LogP contribution in [0.15, 0.2) is 91.0 Å². The third-order valence-electron chi connectivity index (χ3n) is 8.15. The number of ether oxygens (including phenoxy) is 1. The first-order valence-corrected chi connectivity index (χ1v) is 11.9. The Kier molecular flexibility index (Phi) is 5.59. The van der Waals surface area contributed by atoms with Gasteiger partial charge in [0.25, 0.3) is 0 Å². The lowest BCUT2D eigenvalue weighted by Gasteiger charge is -2.43. The zero-order chi connectivity index (χ0) is 23.1. The molecule has 1 heterocycles. The maximum Gasteiger partial charge on any atom is 0.348 e. The molecule has 170 valence electrons. The van der Waals surface area contributed by atoms with E-state index >= 15 is 0 Å². The van der Waals surface area contributed by atoms with Crippen LogP contribution in [0.2, 0.25) is 0 Å². The number of fused-ring (bicyclic) bond motifs is 2. The molecular weight excluding hydrogens is 410 g/mol. The van der Waals surface area contributed by atoms with Gasteiger partial charge in [0.1, 0.15) is 12.1 Å². The minimum Gasteiger partial charge on any atom is -0.453 e. The van der Waals surface area contributed by atoms with Gasteiger partial charge in [-0.15, -0.1) is 0 Å². The van der Waals surface area contributed by atoms with Crippen molar-refractivity contribution in [2.75, 3.05) is 13.6 Å². The Hall–Kier alpha value is -2.95. The van der Waals surface area contributed by atoms with Crippen molar-refractivity contribution in [3.05, 3.63) is 108 Å². The van der Waals surface area contributed by atoms with Crippen LogP contribution in [0, 0.1) is 5.92 Å². The number of carbonyl (C=O) groups excluding carboxylic acids is 1. The van der Waals surface area contributed by atoms with Crippen LogP contribution in [-0.4, -0.2) is 41.3 Å². The van der Waals surface area contributed by atoms with Gasteiger partial charge in [-0.25, -0.2) is 4.79 Å². The maximum atomic E-state index is 13.7. The van der Waals surface area contributed by atoms with Crippen molar-refractivity contribution in [2.24, 2.45) is 5.92 Å². The molecule has 2 aliphatic rings. The normalized spacial score (nSPS) is 27.3. The fourth-order valence-electron chi connectivity index (χ4n) is 6.16. The molecule has 33 heavy (non-hydrogen) atoms. The SMILES string of the molecule is C[C@@H](c1ccccc1)[N+]1(C)CC2CC[C@@H]1C2OC(=O)C(O)(c1ccccc1)c1ccccc1. The molecule has 1 saturated carbocycles. The van der Waals surface area contributed by atoms with Crippen molar-refractivity contribution in [3.8, 4) is 0 Å². The van der Waals surface area contributed by atoms with Crippen molar-refractivity contribution in [1.82, 2.24) is 0 Å². The molecule has 3 aromatic carbocycles. The highest BCUT2D eigenvalue weighted by Gasteiger charge is 2.61. The van der Waals surface area contributed by atoms with Crippen LogP contribution in [0.5, 0.6) is 0 Å². The summed E-state index contributed by atoms with van der Waals surface area (Å²) in [7, 11) is 2.29. The predicted molar refractivity (Wildman–Crippen MR) is 128 cm³/mol. The highest BCUT2D eigenvalue weighted by atomic mass is 16.6. The van der Waals surface area contributed by atoms with Crippen LogP contribution in [-0.2, 0) is 15.1 Å². The first kappa shape index (κ1) is 21.9. The minimum atomic E-state index is -1.83. The van der Waals surface area contributed by atoms with E-state index in [0.717, 1.165) is 23.9 Å². The second kappa shape index (κ2) is 8.44. The monoisotopic (exact) mass is 442 g/mol. The number of quaternary nitrogens is 1. The van der Waals surface area contributed by atoms with Gasteiger partial charge in [-0.3, -0.25) is 0 Å². The summed E-state index contributed by atoms with van der Waals surface area (Å²) in [6, 6.07) is 29.4. The molecule has 4 nitrogen and oxygen atoms in total. The van der Waals surface area contributed by atoms with Crippen molar-refractivity contribution in [1.29, 1.82) is 0 Å². The number of carbonyl (C=O) groups is 1. The van der Waals surface area contributed by atoms with Crippen LogP contribution >= 0.6 is 0 Å². The maximum absolute atomic E-state index is 13.7. The Morgan fingerprint density at radius 1 is 0.909 bits per heavy atom. The summed E-state index contributed by atoms with van der Waals surface area (Å²) in [5, 5.41) is 11.8. The van der Waals surface area contributed by atoms with Gasteiger partial charge < -0.3 is 14.3 Å². The van der Waals surface area contributed by atoms with Crippen LogP contribution in [0.3, 0.4) is 0 Å². The first-order chi connectivity index (χ1) is 15.9. The largest absolute Gasteiger partial charge is 0.453 e. The smallest absolute Gasteiger partial charge is 0.348 e. The van der Waals surface area contributed by atoms with Crippen LogP contribution < -0.4 is 0 Å². The Balaban J connectivity index is 1.44. The average Bonchev–Trinajstić information content (AvgIpc) is 3.38. The van der Waals surface area contributed by atoms with E-state index < -0.39 is 11.6 Å². The highest BCUT2D eigenvalue weighted by molar-refractivity contribution is 5.85. The van der Waals surface area contributed by atoms with E-state index in [9.17, 15) is 9.90 Å². The lowest BCUT2D eigenvalue weighted by molar-refractivity contribution is -0.954. The number of likely N-dealkylation sites (tertiary alicyclic amines) is 1. The first-order valence-electron chi connectivity index (χ1n) is 11.9. The molecule has 2 fully saturated rings. The summed E-state index contributed by atoms with van der Waals surface area (Å²) >= 11 is 0. The molecule has 0 spiro atoms. The predicted octanol–water partition coefficient (Wildman–Crippen LogP) is 4.83. The number of nitrogens with zero attached hydrogens (tertiary/aromatic N) is 1. The Morgan fingerprint density at radius 3 is 1.97 bits per heavy atom. The van der Waals surface area contributed by atoms with Gasteiger partial charge >= 0.3 is 5.97 Å². The standard InChI is InChI=1S/C29H32NO3/c1-21(22-12-6-3-7-13-22)30(2)20-23-18-19-26(30)27(23)33-28(31)29(32,24-14-8-4-9-15-24)25-16-10-5-11-17-25/h3-17,21,23,26-27,32H,18-20H2,1-2H3/q+1/t21-,23?,26+,27?,30?/m0/s1. The molecule has 0 radical (unpaired) electrons. The van der Waals surface area contributed by atoms with Crippen molar-refractivity contribution >= 4 is 5.97 Å². The Bertz CT molecular complexity index is 1060. The lowest BCUT2D eigenvalue weighted by Crippen LogP contribution is -2.53. The molecule has 1 aliphatic carbocycles. The Labute approximate surface area is 196 Å². The van der Waals surface area contributed by atoms with Gasteiger partial charge in [0.15, 0.2) is 6.10 Å². The van der Waals surface area contributed by atoms with Gasteiger partial charge in [-0.05, 0) is 24.5 Å². The van der Waals surface area contributed by atoms with E-state index in [-0.39, 0.29) is 12.1 Å². The molecule has 4 heteroatoms. The summed E-state index contributed by atoms with van der Waals surface area (Å²) < 4.78 is 7.11. The van der Waals surface area contributed by atoms with E-state index in [1.807, 2.05) is 42.5 Å². The highest BCUT2D eigenvalue weighted by Crippen LogP contribution is 2.49. The molecule has 3 aromatic rings. The van der Waals surface area contributed by atoms with Crippen molar-refractivity contribution < 1.29 is 19.1 Å². The van der Waals surface area contributed by atoms with E-state index in [0.29, 0.717) is 23.1 Å². The molecule has 2 bridgehead atoms. The molecular formula is C29H32NO3+. The molecule has 1 saturated heterocycles. The van der Waals surface area contributed by atoms with Crippen LogP contribution in [0.25, 0.3) is 0 Å². The zero-order valence-electron chi connectivity index (χ0n) is 19.3. The van der Waals surface area contributed by atoms with Crippen molar-refractivity contribution in [2.45, 2.75) is 43.6 Å². The number of likely N-dealkylation sites (N-methyl/N-ethyl adjacent to an activating group) is 1. The molecule has 3 unspecified atom stereocenters. The lowest BCUT2D eigenvalue weighted by atomic mass is 9.86. The van der Waals surface area contributed by atoms with Gasteiger partial charge in [0.2, 0.25) is 5.60 Å². The average molecular weight is 443 g/mol. The molecule has 1 N–H and O–H groups in total. The molecule has 5 rings (SSSR count). The number of rotatable bonds is 6. The number of esters is 1. The van der Waals surface area contributed by atoms with E-state index in [2.05, 4.69) is 38.2 Å². The Morgan fingerprint density at radius 2 is 1.42 bits per heavy atom. The molecule has 5 atom stereocenters. The van der Waals surface area contributed by atoms with Crippen LogP contribution in [0.1, 0.15) is 42.5 Å².